The van der Waals surface area contributed by atoms with Gasteiger partial charge in [0.2, 0.25) is 21.9 Å². The number of halogens is 1. The summed E-state index contributed by atoms with van der Waals surface area (Å²) in [7, 11) is -4.25. The number of piperazine rings is 1. The van der Waals surface area contributed by atoms with E-state index in [4.69, 9.17) is 21.1 Å². The number of carbonyl (C=O) groups is 2. The van der Waals surface area contributed by atoms with E-state index >= 15 is 0 Å². The Morgan fingerprint density at radius 3 is 2.41 bits per heavy atom. The number of nitrogens with zero attached hydrogens (tertiary/aromatic N) is 8. The molecule has 0 saturated carbocycles. The van der Waals surface area contributed by atoms with Crippen molar-refractivity contribution in [2.75, 3.05) is 68.5 Å². The Labute approximate surface area is 484 Å². The number of benzene rings is 5. The van der Waals surface area contributed by atoms with Crippen molar-refractivity contribution in [2.24, 2.45) is 7.05 Å². The Bertz CT molecular complexity index is 3670. The number of carboxylic acids is 1. The number of methoxy groups -OCH3 is 1. The van der Waals surface area contributed by atoms with Gasteiger partial charge >= 0.3 is 5.97 Å². The molecule has 82 heavy (non-hydrogen) atoms. The first kappa shape index (κ1) is 59.3. The van der Waals surface area contributed by atoms with Gasteiger partial charge in [-0.25, -0.2) is 26.5 Å². The molecule has 434 valence electrons. The highest BCUT2D eigenvalue weighted by atomic mass is 35.5. The maximum absolute atomic E-state index is 14.4. The Balaban J connectivity index is 0.701. The Morgan fingerprint density at radius 1 is 0.915 bits per heavy atom. The van der Waals surface area contributed by atoms with Gasteiger partial charge in [-0.15, -0.1) is 5.10 Å². The van der Waals surface area contributed by atoms with Crippen molar-refractivity contribution in [3.8, 4) is 11.5 Å². The number of aromatic nitrogens is 5. The van der Waals surface area contributed by atoms with Crippen LogP contribution in [0.4, 0.5) is 28.8 Å². The molecule has 2 aliphatic heterocycles. The number of unbranched alkanes of at least 4 members (excludes halogenated alkanes) is 3. The molecule has 2 aromatic heterocycles. The predicted molar refractivity (Wildman–Crippen MR) is 317 cm³/mol. The number of aliphatic carboxylic acids is 1. The van der Waals surface area contributed by atoms with Gasteiger partial charge in [0.05, 0.1) is 48.6 Å². The van der Waals surface area contributed by atoms with Crippen LogP contribution in [0, 0.1) is 6.92 Å². The van der Waals surface area contributed by atoms with Crippen molar-refractivity contribution in [3.05, 3.63) is 136 Å². The highest BCUT2D eigenvalue weighted by molar-refractivity contribution is 7.92. The van der Waals surface area contributed by atoms with Gasteiger partial charge in [0.15, 0.2) is 15.7 Å². The molecule has 2 aliphatic rings. The van der Waals surface area contributed by atoms with E-state index in [1.807, 2.05) is 80.6 Å². The molecule has 4 N–H and O–H groups in total. The van der Waals surface area contributed by atoms with E-state index in [0.717, 1.165) is 91.9 Å². The highest BCUT2D eigenvalue weighted by Gasteiger charge is 2.35. The molecule has 1 amide bonds. The first-order chi connectivity index (χ1) is 39.3. The van der Waals surface area contributed by atoms with Crippen molar-refractivity contribution in [1.82, 2.24) is 39.5 Å². The van der Waals surface area contributed by atoms with Gasteiger partial charge in [0, 0.05) is 63.6 Å². The van der Waals surface area contributed by atoms with Crippen molar-refractivity contribution in [3.63, 3.8) is 0 Å². The number of carboxylic acid groups (broad SMARTS) is 1. The number of para-hydroxylation sites is 1. The van der Waals surface area contributed by atoms with Gasteiger partial charge in [-0.3, -0.25) is 14.5 Å². The fourth-order valence-electron chi connectivity index (χ4n) is 10.4. The maximum Gasteiger partial charge on any atom is 0.304 e. The standard InChI is InChI=1S/C59H70ClN11O9S2/c1-38(2)81(75,76)53-15-11-10-14-49(53)64-58-48(60)34-62-59(65-58)63-45-19-21-46(22-20-45)70-27-25-69(26-28-70)37-55(72)61-24-12-8-7-9-13-41-17-23-54-51(29-41)80-40(4)35-71(82(54,77)78)36-44-30-42(18-16-39(44)3)47(33-56(73)74)43-31-50-57(52(32-43)79-6)68(5)67-66-50/h10-11,14-23,29-32,34,38,40,47H,7-9,12-13,24-28,33,35-37H2,1-6H3,(H,61,72)(H,73,74)(H2,62,63,64,65)/t40-,47?/m1/s1. The number of aryl methyl sites for hydroxylation is 3. The Morgan fingerprint density at radius 2 is 1.67 bits per heavy atom. The summed E-state index contributed by atoms with van der Waals surface area (Å²) in [6.45, 7) is 11.2. The molecule has 0 radical (unpaired) electrons. The molecule has 1 saturated heterocycles. The molecule has 0 bridgehead atoms. The number of nitrogens with one attached hydrogen (secondary N) is 3. The third-order valence-corrected chi connectivity index (χ3v) is 19.3. The number of hydrogen-bond acceptors (Lipinski definition) is 16. The minimum absolute atomic E-state index is 0.00615. The van der Waals surface area contributed by atoms with E-state index in [-0.39, 0.29) is 52.0 Å². The predicted octanol–water partition coefficient (Wildman–Crippen LogP) is 9.02. The van der Waals surface area contributed by atoms with E-state index in [0.29, 0.717) is 46.9 Å². The summed E-state index contributed by atoms with van der Waals surface area (Å²) in [5, 5.41) is 27.4. The number of sulfonamides is 1. The van der Waals surface area contributed by atoms with Crippen LogP contribution in [0.15, 0.2) is 113 Å². The number of sulfone groups is 1. The molecular weight excluding hydrogens is 1110 g/mol. The molecule has 9 rings (SSSR count). The number of amides is 1. The van der Waals surface area contributed by atoms with Gasteiger partial charge < -0.3 is 35.4 Å². The normalized spacial score (nSPS) is 16.0. The van der Waals surface area contributed by atoms with Crippen molar-refractivity contribution in [1.29, 1.82) is 0 Å². The second kappa shape index (κ2) is 25.8. The minimum Gasteiger partial charge on any atom is -0.494 e. The van der Waals surface area contributed by atoms with Crippen LogP contribution in [0.1, 0.15) is 86.6 Å². The molecule has 1 fully saturated rings. The summed E-state index contributed by atoms with van der Waals surface area (Å²) in [6.07, 6.45) is 5.18. The number of anilines is 5. The lowest BCUT2D eigenvalue weighted by Crippen LogP contribution is -2.49. The molecule has 7 aromatic rings. The lowest BCUT2D eigenvalue weighted by molar-refractivity contribution is -0.137. The monoisotopic (exact) mass is 1180 g/mol. The zero-order valence-electron chi connectivity index (χ0n) is 46.9. The average molecular weight is 1180 g/mol. The summed E-state index contributed by atoms with van der Waals surface area (Å²) in [4.78, 5) is 38.8. The zero-order chi connectivity index (χ0) is 58.3. The third-order valence-electron chi connectivity index (χ3n) is 15.0. The quantitative estimate of drug-likeness (QED) is 0.0437. The van der Waals surface area contributed by atoms with Gasteiger partial charge in [-0.2, -0.15) is 9.29 Å². The van der Waals surface area contributed by atoms with Crippen LogP contribution in [-0.2, 0) is 49.5 Å². The second-order valence-electron chi connectivity index (χ2n) is 21.2. The van der Waals surface area contributed by atoms with Gasteiger partial charge in [0.25, 0.3) is 0 Å². The van der Waals surface area contributed by atoms with Crippen molar-refractivity contribution >= 4 is 83.2 Å². The van der Waals surface area contributed by atoms with Gasteiger partial charge in [-0.05, 0) is 135 Å². The van der Waals surface area contributed by atoms with E-state index in [1.54, 1.807) is 63.0 Å². The fraction of sp³-hybridized carbons (Fsp3) is 0.390. The van der Waals surface area contributed by atoms with Crippen LogP contribution < -0.4 is 30.3 Å². The van der Waals surface area contributed by atoms with E-state index in [9.17, 15) is 31.5 Å². The molecule has 2 atom stereocenters. The van der Waals surface area contributed by atoms with E-state index in [1.165, 1.54) is 10.5 Å². The SMILES string of the molecule is COc1cc(C(CC(=O)O)c2ccc(C)c(CN3C[C@@H](C)Oc4cc(CCCCCCNC(=O)CN5CCN(c6ccc(Nc7ncc(Cl)c(Nc8ccccc8S(=O)(=O)C(C)C)n7)cc6)CC5)ccc4S3(=O)=O)c2)cc2nnn(C)c12. The molecule has 0 spiro atoms. The summed E-state index contributed by atoms with van der Waals surface area (Å²) in [5.74, 6) is -0.145. The van der Waals surface area contributed by atoms with Crippen LogP contribution in [0.25, 0.3) is 11.0 Å². The molecule has 23 heteroatoms. The van der Waals surface area contributed by atoms with Crippen LogP contribution in [0.5, 0.6) is 11.5 Å². The zero-order valence-corrected chi connectivity index (χ0v) is 49.3. The molecule has 20 nitrogen and oxygen atoms in total. The lowest BCUT2D eigenvalue weighted by atomic mass is 9.86. The third kappa shape index (κ3) is 13.9. The van der Waals surface area contributed by atoms with E-state index in [2.05, 4.69) is 46.0 Å². The van der Waals surface area contributed by atoms with E-state index < -0.39 is 43.1 Å². The van der Waals surface area contributed by atoms with Crippen LogP contribution >= 0.6 is 11.6 Å². The second-order valence-corrected chi connectivity index (χ2v) is 26.0. The molecule has 4 heterocycles. The fourth-order valence-corrected chi connectivity index (χ4v) is 13.3. The summed E-state index contributed by atoms with van der Waals surface area (Å²) >= 11 is 6.44. The summed E-state index contributed by atoms with van der Waals surface area (Å²) in [6, 6.07) is 29.2. The average Bonchev–Trinajstić information content (AvgIpc) is 3.84. The number of carbonyl (C=O) groups excluding carboxylic acids is 1. The lowest BCUT2D eigenvalue weighted by Gasteiger charge is -2.35. The molecule has 0 aliphatic carbocycles. The van der Waals surface area contributed by atoms with Crippen LogP contribution in [0.3, 0.4) is 0 Å². The summed E-state index contributed by atoms with van der Waals surface area (Å²) < 4.78 is 69.8. The van der Waals surface area contributed by atoms with Gasteiger partial charge in [-0.1, -0.05) is 66.1 Å². The largest absolute Gasteiger partial charge is 0.494 e. The number of rotatable bonds is 23. The minimum atomic E-state index is -3.99. The number of fused-ring (bicyclic) bond motifs is 2. The molecule has 5 aromatic carbocycles. The first-order valence-electron chi connectivity index (χ1n) is 27.5. The first-order valence-corrected chi connectivity index (χ1v) is 30.9. The van der Waals surface area contributed by atoms with Crippen molar-refractivity contribution < 1.29 is 41.0 Å². The summed E-state index contributed by atoms with van der Waals surface area (Å²) in [5.41, 5.74) is 7.47. The highest BCUT2D eigenvalue weighted by Crippen LogP contribution is 2.38. The Kier molecular flexibility index (Phi) is 18.7. The topological polar surface area (TPSA) is 243 Å². The number of hydrogen-bond donors (Lipinski definition) is 4. The van der Waals surface area contributed by atoms with Crippen molar-refractivity contribution in [2.45, 2.75) is 99.8 Å². The van der Waals surface area contributed by atoms with Crippen LogP contribution in [-0.4, -0.2) is 132 Å². The Hall–Kier alpha value is -7.37. The number of ether oxygens (including phenoxy) is 2. The smallest absolute Gasteiger partial charge is 0.304 e. The van der Waals surface area contributed by atoms with Crippen LogP contribution in [0.2, 0.25) is 5.02 Å². The van der Waals surface area contributed by atoms with Gasteiger partial charge in [0.1, 0.15) is 38.6 Å². The maximum atomic E-state index is 14.4. The molecular formula is C59H70ClN11O9S2. The molecule has 1 unspecified atom stereocenters.